The number of benzene rings is 1. The summed E-state index contributed by atoms with van der Waals surface area (Å²) in [5.74, 6) is -1.45. The Morgan fingerprint density at radius 2 is 1.72 bits per heavy atom. The van der Waals surface area contributed by atoms with Crippen LogP contribution in [-0.4, -0.2) is 41.6 Å². The number of esters is 2. The minimum atomic E-state index is -0.956. The van der Waals surface area contributed by atoms with Gasteiger partial charge in [-0.3, -0.25) is 4.79 Å². The molecule has 1 N–H and O–H groups in total. The molecule has 1 aliphatic rings. The lowest BCUT2D eigenvalue weighted by atomic mass is 10.1. The second-order valence-corrected chi connectivity index (χ2v) is 7.50. The van der Waals surface area contributed by atoms with Crippen molar-refractivity contribution < 1.29 is 23.9 Å². The maximum absolute atomic E-state index is 12.8. The van der Waals surface area contributed by atoms with Crippen molar-refractivity contribution in [2.24, 2.45) is 0 Å². The molecule has 1 atom stereocenters. The Labute approximate surface area is 170 Å². The third kappa shape index (κ3) is 4.04. The number of aromatic nitrogens is 1. The highest BCUT2D eigenvalue weighted by molar-refractivity contribution is 6.02. The number of amides is 1. The van der Waals surface area contributed by atoms with Crippen molar-refractivity contribution in [2.45, 2.75) is 53.2 Å². The number of hydrogen-bond donors (Lipinski definition) is 1. The minimum Gasteiger partial charge on any atom is -0.459 e. The second kappa shape index (κ2) is 8.11. The van der Waals surface area contributed by atoms with Crippen LogP contribution in [0.15, 0.2) is 24.3 Å². The van der Waals surface area contributed by atoms with Crippen molar-refractivity contribution >= 4 is 23.5 Å². The van der Waals surface area contributed by atoms with Gasteiger partial charge >= 0.3 is 11.9 Å². The highest BCUT2D eigenvalue weighted by Crippen LogP contribution is 2.28. The van der Waals surface area contributed by atoms with E-state index in [1.807, 2.05) is 24.3 Å². The molecule has 0 bridgehead atoms. The van der Waals surface area contributed by atoms with Gasteiger partial charge in [0.05, 0.1) is 11.7 Å². The van der Waals surface area contributed by atoms with Crippen LogP contribution < -0.4 is 4.90 Å². The average molecular weight is 398 g/mol. The van der Waals surface area contributed by atoms with Crippen molar-refractivity contribution in [3.63, 3.8) is 0 Å². The molecule has 29 heavy (non-hydrogen) atoms. The van der Waals surface area contributed by atoms with Crippen molar-refractivity contribution in [2.75, 3.05) is 11.4 Å². The van der Waals surface area contributed by atoms with Crippen LogP contribution >= 0.6 is 0 Å². The number of ether oxygens (including phenoxy) is 2. The topological polar surface area (TPSA) is 88.7 Å². The number of para-hydroxylation sites is 1. The van der Waals surface area contributed by atoms with Gasteiger partial charge in [-0.05, 0) is 58.2 Å². The molecule has 0 radical (unpaired) electrons. The molecule has 0 spiro atoms. The number of nitrogens with one attached hydrogen (secondary N) is 1. The highest BCUT2D eigenvalue weighted by Gasteiger charge is 2.31. The van der Waals surface area contributed by atoms with E-state index in [-0.39, 0.29) is 17.7 Å². The maximum Gasteiger partial charge on any atom is 0.355 e. The van der Waals surface area contributed by atoms with Gasteiger partial charge in [-0.2, -0.15) is 0 Å². The van der Waals surface area contributed by atoms with Gasteiger partial charge in [0.2, 0.25) is 0 Å². The number of aromatic amines is 1. The van der Waals surface area contributed by atoms with Crippen LogP contribution in [0.4, 0.5) is 5.69 Å². The van der Waals surface area contributed by atoms with E-state index in [0.29, 0.717) is 23.4 Å². The Bertz CT molecular complexity index is 960. The Balaban J connectivity index is 1.74. The maximum atomic E-state index is 12.8. The van der Waals surface area contributed by atoms with Gasteiger partial charge in [-0.25, -0.2) is 9.59 Å². The fraction of sp³-hybridized carbons (Fsp3) is 0.409. The van der Waals surface area contributed by atoms with E-state index in [4.69, 9.17) is 9.47 Å². The van der Waals surface area contributed by atoms with E-state index >= 15 is 0 Å². The zero-order chi connectivity index (χ0) is 21.3. The van der Waals surface area contributed by atoms with Crippen LogP contribution in [0, 0.1) is 13.8 Å². The van der Waals surface area contributed by atoms with E-state index in [0.717, 1.165) is 17.7 Å². The van der Waals surface area contributed by atoms with E-state index in [9.17, 15) is 14.4 Å². The van der Waals surface area contributed by atoms with Gasteiger partial charge in [-0.1, -0.05) is 18.2 Å². The molecule has 1 aromatic carbocycles. The monoisotopic (exact) mass is 398 g/mol. The molecule has 0 aliphatic carbocycles. The molecule has 1 unspecified atom stereocenters. The van der Waals surface area contributed by atoms with Gasteiger partial charge in [0.15, 0.2) is 6.10 Å². The van der Waals surface area contributed by atoms with Crippen LogP contribution in [0.25, 0.3) is 0 Å². The molecule has 1 amide bonds. The summed E-state index contributed by atoms with van der Waals surface area (Å²) < 4.78 is 10.7. The Morgan fingerprint density at radius 3 is 2.41 bits per heavy atom. The number of carbonyl (C=O) groups excluding carboxylic acids is 3. The van der Waals surface area contributed by atoms with E-state index in [1.165, 1.54) is 0 Å². The van der Waals surface area contributed by atoms with Gasteiger partial charge in [0, 0.05) is 17.9 Å². The van der Waals surface area contributed by atoms with Gasteiger partial charge in [-0.15, -0.1) is 0 Å². The molecule has 0 fully saturated rings. The first-order valence-corrected chi connectivity index (χ1v) is 9.71. The van der Waals surface area contributed by atoms with Gasteiger partial charge in [0.1, 0.15) is 5.69 Å². The largest absolute Gasteiger partial charge is 0.459 e. The molecule has 154 valence electrons. The molecule has 7 heteroatoms. The van der Waals surface area contributed by atoms with E-state index in [1.54, 1.807) is 39.5 Å². The third-order valence-electron chi connectivity index (χ3n) is 4.97. The van der Waals surface area contributed by atoms with Crippen LogP contribution in [0.5, 0.6) is 0 Å². The predicted octanol–water partition coefficient (Wildman–Crippen LogP) is 3.33. The van der Waals surface area contributed by atoms with Gasteiger partial charge < -0.3 is 19.4 Å². The molecular weight excluding hydrogens is 372 g/mol. The van der Waals surface area contributed by atoms with Crippen molar-refractivity contribution in [1.29, 1.82) is 0 Å². The molecule has 2 aromatic rings. The number of anilines is 1. The lowest BCUT2D eigenvalue weighted by Crippen LogP contribution is -2.39. The molecule has 0 saturated carbocycles. The normalized spacial score (nSPS) is 13.9. The number of carbonyl (C=O) groups is 3. The second-order valence-electron chi connectivity index (χ2n) is 7.50. The molecule has 3 rings (SSSR count). The summed E-state index contributed by atoms with van der Waals surface area (Å²) in [6.07, 6.45) is -0.450. The number of fused-ring (bicyclic) bond motifs is 1. The first-order valence-electron chi connectivity index (χ1n) is 9.71. The Hall–Kier alpha value is -3.09. The van der Waals surface area contributed by atoms with Crippen molar-refractivity contribution in [1.82, 2.24) is 4.98 Å². The van der Waals surface area contributed by atoms with Crippen LogP contribution in [0.2, 0.25) is 0 Å². The minimum absolute atomic E-state index is 0.152. The van der Waals surface area contributed by atoms with E-state index < -0.39 is 18.0 Å². The summed E-state index contributed by atoms with van der Waals surface area (Å²) in [4.78, 5) is 42.3. The smallest absolute Gasteiger partial charge is 0.355 e. The summed E-state index contributed by atoms with van der Waals surface area (Å²) in [5, 5.41) is 0. The highest BCUT2D eigenvalue weighted by atomic mass is 16.6. The molecule has 0 saturated heterocycles. The van der Waals surface area contributed by atoms with Gasteiger partial charge in [0.25, 0.3) is 5.91 Å². The SMILES string of the molecule is Cc1[nH]c(C(=O)OC(C)C(=O)N2CCc3ccccc32)c(C)c1C(=O)OC(C)C. The quantitative estimate of drug-likeness (QED) is 0.781. The zero-order valence-corrected chi connectivity index (χ0v) is 17.4. The summed E-state index contributed by atoms with van der Waals surface area (Å²) in [5.41, 5.74) is 3.39. The Kier molecular flexibility index (Phi) is 5.77. The number of nitrogens with zero attached hydrogens (tertiary/aromatic N) is 1. The molecule has 1 aliphatic heterocycles. The van der Waals surface area contributed by atoms with Crippen molar-refractivity contribution in [3.8, 4) is 0 Å². The fourth-order valence-electron chi connectivity index (χ4n) is 3.59. The summed E-state index contributed by atoms with van der Waals surface area (Å²) >= 11 is 0. The Morgan fingerprint density at radius 1 is 1.03 bits per heavy atom. The lowest BCUT2D eigenvalue weighted by molar-refractivity contribution is -0.126. The predicted molar refractivity (Wildman–Crippen MR) is 108 cm³/mol. The number of aryl methyl sites for hydroxylation is 1. The lowest BCUT2D eigenvalue weighted by Gasteiger charge is -2.21. The summed E-state index contributed by atoms with van der Waals surface area (Å²) in [7, 11) is 0. The summed E-state index contributed by atoms with van der Waals surface area (Å²) in [6.45, 7) is 8.98. The first-order chi connectivity index (χ1) is 13.7. The third-order valence-corrected chi connectivity index (χ3v) is 4.97. The number of rotatable bonds is 5. The van der Waals surface area contributed by atoms with Crippen LogP contribution in [-0.2, 0) is 20.7 Å². The zero-order valence-electron chi connectivity index (χ0n) is 17.4. The number of H-pyrrole nitrogens is 1. The summed E-state index contributed by atoms with van der Waals surface area (Å²) in [6, 6.07) is 7.69. The van der Waals surface area contributed by atoms with Crippen LogP contribution in [0.1, 0.15) is 58.4 Å². The van der Waals surface area contributed by atoms with Crippen molar-refractivity contribution in [3.05, 3.63) is 52.3 Å². The fourth-order valence-corrected chi connectivity index (χ4v) is 3.59. The molecular formula is C22H26N2O5. The molecule has 7 nitrogen and oxygen atoms in total. The molecule has 1 aromatic heterocycles. The van der Waals surface area contributed by atoms with E-state index in [2.05, 4.69) is 4.98 Å². The standard InChI is InChI=1S/C22H26N2O5/c1-12(2)28-21(26)18-13(3)19(23-14(18)4)22(27)29-15(5)20(25)24-11-10-16-8-6-7-9-17(16)24/h6-9,12,15,23H,10-11H2,1-5H3. The molecule has 2 heterocycles. The van der Waals surface area contributed by atoms with Crippen LogP contribution in [0.3, 0.4) is 0 Å². The average Bonchev–Trinajstić information content (AvgIpc) is 3.21. The first kappa shape index (κ1) is 20.6. The number of hydrogen-bond acceptors (Lipinski definition) is 5.